The number of Topliss-reactive ketones (excluding diaryl/α,β-unsaturated/α-hetero) is 1. The zero-order valence-corrected chi connectivity index (χ0v) is 19.6. The van der Waals surface area contributed by atoms with Gasteiger partial charge in [-0.05, 0) is 53.9 Å². The quantitative estimate of drug-likeness (QED) is 0.277. The summed E-state index contributed by atoms with van der Waals surface area (Å²) in [7, 11) is 1.42. The summed E-state index contributed by atoms with van der Waals surface area (Å²) in [5.41, 5.74) is 1.73. The molecule has 7 heteroatoms. The van der Waals surface area contributed by atoms with Crippen molar-refractivity contribution in [3.8, 4) is 17.2 Å². The van der Waals surface area contributed by atoms with E-state index in [1.54, 1.807) is 36.4 Å². The molecule has 0 saturated carbocycles. The van der Waals surface area contributed by atoms with Crippen LogP contribution < -0.4 is 9.47 Å². The van der Waals surface area contributed by atoms with Crippen LogP contribution >= 0.6 is 0 Å². The third kappa shape index (κ3) is 4.84. The normalized spacial score (nSPS) is 17.0. The van der Waals surface area contributed by atoms with Crippen LogP contribution in [0, 0.1) is 0 Å². The molecule has 0 aromatic heterocycles. The second kappa shape index (κ2) is 10.3. The van der Waals surface area contributed by atoms with Crippen LogP contribution in [0.3, 0.4) is 0 Å². The number of likely N-dealkylation sites (tertiary alicyclic amines) is 1. The van der Waals surface area contributed by atoms with Gasteiger partial charge in [0.15, 0.2) is 11.5 Å². The maximum absolute atomic E-state index is 13.2. The van der Waals surface area contributed by atoms with Gasteiger partial charge in [0.25, 0.3) is 11.7 Å². The number of hydrogen-bond donors (Lipinski definition) is 2. The minimum Gasteiger partial charge on any atom is -0.507 e. The van der Waals surface area contributed by atoms with E-state index in [2.05, 4.69) is 0 Å². The van der Waals surface area contributed by atoms with Crippen LogP contribution in [0.4, 0.5) is 0 Å². The Bertz CT molecular complexity index is 1250. The molecule has 1 heterocycles. The first kappa shape index (κ1) is 23.9. The lowest BCUT2D eigenvalue weighted by Crippen LogP contribution is -2.29. The number of aliphatic hydroxyl groups excluding tert-OH is 1. The molecule has 0 aliphatic carbocycles. The first-order chi connectivity index (χ1) is 16.9. The van der Waals surface area contributed by atoms with E-state index in [0.29, 0.717) is 23.5 Å². The molecular formula is C28H27NO6. The van der Waals surface area contributed by atoms with Gasteiger partial charge in [-0.3, -0.25) is 9.59 Å². The Hall–Kier alpha value is -4.26. The molecule has 3 aromatic carbocycles. The van der Waals surface area contributed by atoms with Crippen LogP contribution in [0.25, 0.3) is 5.76 Å². The predicted octanol–water partition coefficient (Wildman–Crippen LogP) is 4.81. The van der Waals surface area contributed by atoms with Crippen molar-refractivity contribution >= 4 is 17.4 Å². The van der Waals surface area contributed by atoms with Crippen molar-refractivity contribution in [2.45, 2.75) is 25.9 Å². The van der Waals surface area contributed by atoms with Crippen molar-refractivity contribution in [1.82, 2.24) is 4.90 Å². The molecule has 1 amide bonds. The van der Waals surface area contributed by atoms with Crippen molar-refractivity contribution in [2.75, 3.05) is 13.7 Å². The Morgan fingerprint density at radius 1 is 1.00 bits per heavy atom. The number of hydrogen-bond acceptors (Lipinski definition) is 6. The van der Waals surface area contributed by atoms with E-state index in [-0.39, 0.29) is 29.4 Å². The number of ether oxygens (including phenoxy) is 2. The lowest BCUT2D eigenvalue weighted by molar-refractivity contribution is -0.140. The van der Waals surface area contributed by atoms with Gasteiger partial charge >= 0.3 is 0 Å². The summed E-state index contributed by atoms with van der Waals surface area (Å²) in [6.07, 6.45) is 0.864. The number of nitrogens with zero attached hydrogens (tertiary/aromatic N) is 1. The Labute approximate surface area is 203 Å². The Balaban J connectivity index is 1.82. The van der Waals surface area contributed by atoms with Gasteiger partial charge in [0.2, 0.25) is 0 Å². The number of carbonyl (C=O) groups excluding carboxylic acids is 2. The van der Waals surface area contributed by atoms with Gasteiger partial charge < -0.3 is 24.6 Å². The zero-order valence-electron chi connectivity index (χ0n) is 19.6. The van der Waals surface area contributed by atoms with E-state index in [4.69, 9.17) is 9.47 Å². The van der Waals surface area contributed by atoms with Gasteiger partial charge in [-0.2, -0.15) is 0 Å². The van der Waals surface area contributed by atoms with Crippen LogP contribution in [0.15, 0.2) is 78.4 Å². The molecule has 180 valence electrons. The summed E-state index contributed by atoms with van der Waals surface area (Å²) in [5, 5.41) is 21.3. The van der Waals surface area contributed by atoms with Crippen molar-refractivity contribution in [3.05, 3.63) is 95.1 Å². The molecule has 0 bridgehead atoms. The molecule has 3 aromatic rings. The Morgan fingerprint density at radius 3 is 2.37 bits per heavy atom. The summed E-state index contributed by atoms with van der Waals surface area (Å²) in [6, 6.07) is 19.8. The van der Waals surface area contributed by atoms with Crippen molar-refractivity contribution in [2.24, 2.45) is 0 Å². The molecule has 1 atom stereocenters. The lowest BCUT2D eigenvalue weighted by Gasteiger charge is -2.26. The number of aliphatic hydroxyl groups is 1. The van der Waals surface area contributed by atoms with Crippen LogP contribution in [0.5, 0.6) is 17.2 Å². The van der Waals surface area contributed by atoms with Crippen LogP contribution in [-0.2, 0) is 16.1 Å². The molecule has 0 radical (unpaired) electrons. The van der Waals surface area contributed by atoms with E-state index in [1.807, 2.05) is 37.3 Å². The average molecular weight is 474 g/mol. The fourth-order valence-electron chi connectivity index (χ4n) is 4.12. The topological polar surface area (TPSA) is 96.3 Å². The van der Waals surface area contributed by atoms with Crippen molar-refractivity contribution in [1.29, 1.82) is 0 Å². The standard InChI is InChI=1S/C28H27NO6/c1-3-15-35-21-12-9-19(10-13-21)26(31)24-25(20-11-14-22(30)23(16-20)34-2)29(28(33)27(24)32)17-18-7-5-4-6-8-18/h4-14,16,25,30-31H,3,15,17H2,1-2H3/b26-24+. The molecule has 0 spiro atoms. The molecule has 1 saturated heterocycles. The second-order valence-corrected chi connectivity index (χ2v) is 8.22. The first-order valence-corrected chi connectivity index (χ1v) is 11.4. The molecular weight excluding hydrogens is 446 g/mol. The van der Waals surface area contributed by atoms with Crippen molar-refractivity contribution in [3.63, 3.8) is 0 Å². The Morgan fingerprint density at radius 2 is 1.71 bits per heavy atom. The smallest absolute Gasteiger partial charge is 0.295 e. The highest BCUT2D eigenvalue weighted by Gasteiger charge is 2.46. The highest BCUT2D eigenvalue weighted by molar-refractivity contribution is 6.46. The number of benzene rings is 3. The van der Waals surface area contributed by atoms with Gasteiger partial charge in [0, 0.05) is 12.1 Å². The minimum atomic E-state index is -0.874. The molecule has 4 rings (SSSR count). The number of methoxy groups -OCH3 is 1. The second-order valence-electron chi connectivity index (χ2n) is 8.22. The number of phenols is 1. The summed E-state index contributed by atoms with van der Waals surface area (Å²) in [5.74, 6) is -0.993. The van der Waals surface area contributed by atoms with Gasteiger partial charge in [0.05, 0.1) is 25.3 Å². The maximum atomic E-state index is 13.2. The predicted molar refractivity (Wildman–Crippen MR) is 131 cm³/mol. The lowest BCUT2D eigenvalue weighted by atomic mass is 9.94. The molecule has 35 heavy (non-hydrogen) atoms. The first-order valence-electron chi connectivity index (χ1n) is 11.4. The molecule has 2 N–H and O–H groups in total. The van der Waals surface area contributed by atoms with Gasteiger partial charge in [0.1, 0.15) is 11.5 Å². The van der Waals surface area contributed by atoms with Gasteiger partial charge in [-0.15, -0.1) is 0 Å². The number of phenolic OH excluding ortho intramolecular Hbond substituents is 1. The SMILES string of the molecule is CCCOc1ccc(/C(O)=C2\C(=O)C(=O)N(Cc3ccccc3)C2c2ccc(O)c(OC)c2)cc1. The van der Waals surface area contributed by atoms with E-state index >= 15 is 0 Å². The highest BCUT2D eigenvalue weighted by atomic mass is 16.5. The van der Waals surface area contributed by atoms with Crippen LogP contribution in [0.1, 0.15) is 36.1 Å². The third-order valence-electron chi connectivity index (χ3n) is 5.86. The van der Waals surface area contributed by atoms with E-state index < -0.39 is 17.7 Å². The summed E-state index contributed by atoms with van der Waals surface area (Å²) < 4.78 is 10.8. The van der Waals surface area contributed by atoms with Gasteiger partial charge in [-0.25, -0.2) is 0 Å². The van der Waals surface area contributed by atoms with E-state index in [0.717, 1.165) is 12.0 Å². The summed E-state index contributed by atoms with van der Waals surface area (Å²) in [4.78, 5) is 27.8. The molecule has 1 aliphatic rings. The number of ketones is 1. The van der Waals surface area contributed by atoms with E-state index in [1.165, 1.54) is 18.1 Å². The zero-order chi connectivity index (χ0) is 24.9. The van der Waals surface area contributed by atoms with Crippen LogP contribution in [0.2, 0.25) is 0 Å². The monoisotopic (exact) mass is 473 g/mol. The maximum Gasteiger partial charge on any atom is 0.295 e. The molecule has 7 nitrogen and oxygen atoms in total. The number of carbonyl (C=O) groups is 2. The summed E-state index contributed by atoms with van der Waals surface area (Å²) >= 11 is 0. The summed E-state index contributed by atoms with van der Waals surface area (Å²) in [6.45, 7) is 2.74. The average Bonchev–Trinajstić information content (AvgIpc) is 3.13. The molecule has 1 aliphatic heterocycles. The Kier molecular flexibility index (Phi) is 7.06. The third-order valence-corrected chi connectivity index (χ3v) is 5.86. The fraction of sp³-hybridized carbons (Fsp3) is 0.214. The highest BCUT2D eigenvalue weighted by Crippen LogP contribution is 2.42. The van der Waals surface area contributed by atoms with Gasteiger partial charge in [-0.1, -0.05) is 43.3 Å². The largest absolute Gasteiger partial charge is 0.507 e. The van der Waals surface area contributed by atoms with Crippen LogP contribution in [-0.4, -0.2) is 40.5 Å². The fourth-order valence-corrected chi connectivity index (χ4v) is 4.12. The number of amides is 1. The minimum absolute atomic E-state index is 0.0269. The van der Waals surface area contributed by atoms with Crippen molar-refractivity contribution < 1.29 is 29.3 Å². The molecule has 1 unspecified atom stereocenters. The molecule has 1 fully saturated rings. The van der Waals surface area contributed by atoms with E-state index in [9.17, 15) is 19.8 Å². The number of aromatic hydroxyl groups is 1. The number of rotatable bonds is 8.